The summed E-state index contributed by atoms with van der Waals surface area (Å²) in [6.07, 6.45) is 4.55. The van der Waals surface area contributed by atoms with Crippen molar-refractivity contribution in [2.75, 3.05) is 26.2 Å². The molecule has 2 aromatic rings. The van der Waals surface area contributed by atoms with Crippen molar-refractivity contribution in [2.45, 2.75) is 38.4 Å². The lowest BCUT2D eigenvalue weighted by Crippen LogP contribution is -2.49. The lowest BCUT2D eigenvalue weighted by molar-refractivity contribution is -0.134. The van der Waals surface area contributed by atoms with Crippen molar-refractivity contribution < 1.29 is 4.79 Å². The molecule has 2 aromatic heterocycles. The number of hydrogen-bond acceptors (Lipinski definition) is 5. The normalized spacial score (nSPS) is 21.3. The van der Waals surface area contributed by atoms with Crippen LogP contribution in [-0.2, 0) is 11.5 Å². The molecule has 3 heterocycles. The topological polar surface area (TPSA) is 46.3 Å². The molecule has 3 aliphatic rings. The molecule has 0 N–H and O–H groups in total. The Balaban J connectivity index is 1.31. The van der Waals surface area contributed by atoms with Gasteiger partial charge in [0.15, 0.2) is 10.6 Å². The number of hydrogen-bond donors (Lipinski definition) is 0. The fraction of sp³-hybridized carbons (Fsp3) is 0.611. The van der Waals surface area contributed by atoms with Gasteiger partial charge in [0.2, 0.25) is 5.91 Å². The van der Waals surface area contributed by atoms with Crippen LogP contribution in [-0.4, -0.2) is 56.2 Å². The number of amides is 1. The van der Waals surface area contributed by atoms with E-state index >= 15 is 0 Å². The fourth-order valence-electron chi connectivity index (χ4n) is 3.64. The Kier molecular flexibility index (Phi) is 4.21. The summed E-state index contributed by atoms with van der Waals surface area (Å²) >= 11 is 7.47. The molecule has 6 nitrogen and oxygen atoms in total. The van der Waals surface area contributed by atoms with Crippen molar-refractivity contribution in [3.05, 3.63) is 22.3 Å². The monoisotopic (exact) mass is 389 g/mol. The van der Waals surface area contributed by atoms with E-state index in [1.54, 1.807) is 11.3 Å². The van der Waals surface area contributed by atoms with Crippen LogP contribution in [0.15, 0.2) is 17.5 Å². The summed E-state index contributed by atoms with van der Waals surface area (Å²) in [6.45, 7) is 4.14. The standard InChI is InChI=1S/C18H23N5OS2/c24-17(13-3-4-13)21-9-7-20(8-10-21)12-22-18(25)23(14-5-6-14)16(19-22)15-2-1-11-26-15/h1-2,11,13-14H,3-10,12H2. The second kappa shape index (κ2) is 6.58. The number of rotatable bonds is 5. The van der Waals surface area contributed by atoms with Crippen LogP contribution in [0.2, 0.25) is 0 Å². The van der Waals surface area contributed by atoms with E-state index in [0.29, 0.717) is 24.5 Å². The van der Waals surface area contributed by atoms with Gasteiger partial charge in [-0.25, -0.2) is 4.68 Å². The van der Waals surface area contributed by atoms with E-state index in [4.69, 9.17) is 17.3 Å². The highest BCUT2D eigenvalue weighted by molar-refractivity contribution is 7.71. The molecule has 2 aliphatic carbocycles. The third-order valence-electron chi connectivity index (χ3n) is 5.47. The van der Waals surface area contributed by atoms with Crippen LogP contribution in [0.5, 0.6) is 0 Å². The van der Waals surface area contributed by atoms with Crippen LogP contribution in [0.1, 0.15) is 31.7 Å². The maximum absolute atomic E-state index is 12.2. The summed E-state index contributed by atoms with van der Waals surface area (Å²) in [5.74, 6) is 1.69. The Morgan fingerprint density at radius 3 is 2.58 bits per heavy atom. The summed E-state index contributed by atoms with van der Waals surface area (Å²) < 4.78 is 5.04. The van der Waals surface area contributed by atoms with Crippen LogP contribution < -0.4 is 0 Å². The van der Waals surface area contributed by atoms with Gasteiger partial charge in [0.05, 0.1) is 11.5 Å². The summed E-state index contributed by atoms with van der Waals surface area (Å²) in [5, 5.41) is 6.95. The molecule has 0 atom stereocenters. The molecule has 1 aliphatic heterocycles. The fourth-order valence-corrected chi connectivity index (χ4v) is 4.68. The number of carbonyl (C=O) groups is 1. The number of nitrogens with zero attached hydrogens (tertiary/aromatic N) is 5. The van der Waals surface area contributed by atoms with Crippen molar-refractivity contribution in [1.82, 2.24) is 24.1 Å². The zero-order chi connectivity index (χ0) is 17.7. The van der Waals surface area contributed by atoms with Crippen LogP contribution in [0.3, 0.4) is 0 Å². The predicted octanol–water partition coefficient (Wildman–Crippen LogP) is 2.99. The minimum atomic E-state index is 0.317. The van der Waals surface area contributed by atoms with Gasteiger partial charge < -0.3 is 4.90 Å². The van der Waals surface area contributed by atoms with Gasteiger partial charge >= 0.3 is 0 Å². The van der Waals surface area contributed by atoms with Crippen molar-refractivity contribution in [3.63, 3.8) is 0 Å². The zero-order valence-corrected chi connectivity index (χ0v) is 16.3. The van der Waals surface area contributed by atoms with E-state index < -0.39 is 0 Å². The molecule has 3 fully saturated rings. The molecule has 26 heavy (non-hydrogen) atoms. The molecular formula is C18H23N5OS2. The maximum atomic E-state index is 12.2. The molecule has 1 amide bonds. The molecule has 138 valence electrons. The molecule has 2 saturated carbocycles. The molecule has 1 saturated heterocycles. The molecule has 0 unspecified atom stereocenters. The van der Waals surface area contributed by atoms with Crippen molar-refractivity contribution in [1.29, 1.82) is 0 Å². The van der Waals surface area contributed by atoms with E-state index in [-0.39, 0.29) is 0 Å². The molecular weight excluding hydrogens is 366 g/mol. The Bertz CT molecular complexity index is 855. The first kappa shape index (κ1) is 16.6. The van der Waals surface area contributed by atoms with Crippen molar-refractivity contribution >= 4 is 29.5 Å². The molecule has 0 radical (unpaired) electrons. The van der Waals surface area contributed by atoms with Gasteiger partial charge in [-0.1, -0.05) is 6.07 Å². The van der Waals surface area contributed by atoms with Gasteiger partial charge in [-0.3, -0.25) is 14.3 Å². The number of aromatic nitrogens is 3. The average Bonchev–Trinajstić information content (AvgIpc) is 3.59. The summed E-state index contributed by atoms with van der Waals surface area (Å²) in [5.41, 5.74) is 0. The van der Waals surface area contributed by atoms with Crippen LogP contribution in [0.4, 0.5) is 0 Å². The van der Waals surface area contributed by atoms with E-state index in [0.717, 1.165) is 49.6 Å². The van der Waals surface area contributed by atoms with Gasteiger partial charge in [-0.2, -0.15) is 0 Å². The lowest BCUT2D eigenvalue weighted by atomic mass is 10.3. The third-order valence-corrected chi connectivity index (χ3v) is 6.74. The minimum absolute atomic E-state index is 0.317. The number of piperazine rings is 1. The van der Waals surface area contributed by atoms with Gasteiger partial charge in [-0.15, -0.1) is 16.4 Å². The summed E-state index contributed by atoms with van der Waals surface area (Å²) in [6, 6.07) is 4.70. The van der Waals surface area contributed by atoms with E-state index in [1.807, 2.05) is 9.58 Å². The highest BCUT2D eigenvalue weighted by Crippen LogP contribution is 2.39. The second-order valence-corrected chi connectivity index (χ2v) is 8.86. The molecule has 8 heteroatoms. The largest absolute Gasteiger partial charge is 0.340 e. The first-order valence-corrected chi connectivity index (χ1v) is 10.7. The SMILES string of the molecule is O=C(C1CC1)N1CCN(Cn2nc(-c3cccs3)n(C3CC3)c2=S)CC1. The lowest BCUT2D eigenvalue weighted by Gasteiger charge is -2.34. The Morgan fingerprint density at radius 1 is 1.19 bits per heavy atom. The van der Waals surface area contributed by atoms with E-state index in [9.17, 15) is 4.79 Å². The summed E-state index contributed by atoms with van der Waals surface area (Å²) in [7, 11) is 0. The first-order chi connectivity index (χ1) is 12.7. The zero-order valence-electron chi connectivity index (χ0n) is 14.7. The quantitative estimate of drug-likeness (QED) is 0.738. The van der Waals surface area contributed by atoms with E-state index in [1.165, 1.54) is 17.7 Å². The Hall–Kier alpha value is -1.51. The highest BCUT2D eigenvalue weighted by Gasteiger charge is 2.35. The molecule has 5 rings (SSSR count). The van der Waals surface area contributed by atoms with Gasteiger partial charge in [0.1, 0.15) is 0 Å². The van der Waals surface area contributed by atoms with Crippen LogP contribution in [0.25, 0.3) is 10.7 Å². The summed E-state index contributed by atoms with van der Waals surface area (Å²) in [4.78, 5) is 17.8. The van der Waals surface area contributed by atoms with Crippen molar-refractivity contribution in [2.24, 2.45) is 5.92 Å². The first-order valence-electron chi connectivity index (χ1n) is 9.45. The Labute approximate surface area is 162 Å². The molecule has 0 aromatic carbocycles. The minimum Gasteiger partial charge on any atom is -0.340 e. The van der Waals surface area contributed by atoms with Gasteiger partial charge in [0.25, 0.3) is 0 Å². The van der Waals surface area contributed by atoms with E-state index in [2.05, 4.69) is 27.0 Å². The second-order valence-electron chi connectivity index (χ2n) is 7.54. The predicted molar refractivity (Wildman–Crippen MR) is 104 cm³/mol. The molecule has 0 bridgehead atoms. The smallest absolute Gasteiger partial charge is 0.225 e. The number of thiophene rings is 1. The third kappa shape index (κ3) is 3.14. The average molecular weight is 390 g/mol. The van der Waals surface area contributed by atoms with Crippen LogP contribution in [0, 0.1) is 10.7 Å². The number of carbonyl (C=O) groups excluding carboxylic acids is 1. The Morgan fingerprint density at radius 2 is 1.96 bits per heavy atom. The highest BCUT2D eigenvalue weighted by atomic mass is 32.1. The molecule has 0 spiro atoms. The van der Waals surface area contributed by atoms with Crippen LogP contribution >= 0.6 is 23.6 Å². The van der Waals surface area contributed by atoms with Gasteiger partial charge in [0, 0.05) is 38.1 Å². The maximum Gasteiger partial charge on any atom is 0.225 e. The van der Waals surface area contributed by atoms with Crippen molar-refractivity contribution in [3.8, 4) is 10.7 Å². The van der Waals surface area contributed by atoms with Gasteiger partial charge in [-0.05, 0) is 49.3 Å².